The van der Waals surface area contributed by atoms with Crippen LogP contribution in [0.3, 0.4) is 0 Å². The highest BCUT2D eigenvalue weighted by atomic mass is 19.4. The number of nitrogens with one attached hydrogen (secondary N) is 1. The van der Waals surface area contributed by atoms with Crippen LogP contribution in [0.15, 0.2) is 18.2 Å². The monoisotopic (exact) mass is 309 g/mol. The van der Waals surface area contributed by atoms with Gasteiger partial charge in [0.15, 0.2) is 17.7 Å². The number of halogens is 5. The highest BCUT2D eigenvalue weighted by Crippen LogP contribution is 2.35. The molecule has 21 heavy (non-hydrogen) atoms. The summed E-state index contributed by atoms with van der Waals surface area (Å²) >= 11 is 0. The lowest BCUT2D eigenvalue weighted by molar-refractivity contribution is -0.165. The SMILES string of the molecule is O=C(N[C@@H](c1cccc(F)c1F)C(F)(F)F)[C@@H]1CCOC1. The summed E-state index contributed by atoms with van der Waals surface area (Å²) in [6.45, 7) is 0.297. The lowest BCUT2D eigenvalue weighted by atomic mass is 10.0. The molecule has 1 aromatic rings. The van der Waals surface area contributed by atoms with Gasteiger partial charge in [0.2, 0.25) is 5.91 Å². The molecule has 1 N–H and O–H groups in total. The molecule has 2 atom stereocenters. The van der Waals surface area contributed by atoms with Gasteiger partial charge in [-0.3, -0.25) is 4.79 Å². The van der Waals surface area contributed by atoms with Crippen LogP contribution in [0.1, 0.15) is 18.0 Å². The molecule has 1 fully saturated rings. The predicted octanol–water partition coefficient (Wildman–Crippen LogP) is 2.72. The van der Waals surface area contributed by atoms with E-state index in [-0.39, 0.29) is 13.2 Å². The van der Waals surface area contributed by atoms with Crippen LogP contribution >= 0.6 is 0 Å². The highest BCUT2D eigenvalue weighted by molar-refractivity contribution is 5.79. The second-order valence-corrected chi connectivity index (χ2v) is 4.69. The third-order valence-corrected chi connectivity index (χ3v) is 3.21. The van der Waals surface area contributed by atoms with E-state index >= 15 is 0 Å². The third-order valence-electron chi connectivity index (χ3n) is 3.21. The summed E-state index contributed by atoms with van der Waals surface area (Å²) in [4.78, 5) is 11.8. The van der Waals surface area contributed by atoms with Gasteiger partial charge in [0.1, 0.15) is 0 Å². The number of hydrogen-bond donors (Lipinski definition) is 1. The zero-order valence-electron chi connectivity index (χ0n) is 10.7. The van der Waals surface area contributed by atoms with E-state index in [1.807, 2.05) is 0 Å². The van der Waals surface area contributed by atoms with Crippen molar-refractivity contribution in [3.63, 3.8) is 0 Å². The van der Waals surface area contributed by atoms with Crippen molar-refractivity contribution in [1.29, 1.82) is 0 Å². The Bertz CT molecular complexity index is 526. The smallest absolute Gasteiger partial charge is 0.381 e. The molecule has 1 heterocycles. The molecule has 0 saturated carbocycles. The largest absolute Gasteiger partial charge is 0.412 e. The van der Waals surface area contributed by atoms with E-state index in [4.69, 9.17) is 4.74 Å². The number of benzene rings is 1. The van der Waals surface area contributed by atoms with Gasteiger partial charge in [-0.25, -0.2) is 8.78 Å². The molecule has 1 aliphatic heterocycles. The van der Waals surface area contributed by atoms with Crippen molar-refractivity contribution in [2.45, 2.75) is 18.6 Å². The predicted molar refractivity (Wildman–Crippen MR) is 62.2 cm³/mol. The van der Waals surface area contributed by atoms with Crippen LogP contribution < -0.4 is 5.32 Å². The van der Waals surface area contributed by atoms with Gasteiger partial charge in [0.25, 0.3) is 0 Å². The van der Waals surface area contributed by atoms with Crippen molar-refractivity contribution in [2.75, 3.05) is 13.2 Å². The maximum absolute atomic E-state index is 13.6. The van der Waals surface area contributed by atoms with E-state index in [1.165, 1.54) is 0 Å². The number of alkyl halides is 3. The lowest BCUT2D eigenvalue weighted by Crippen LogP contribution is -2.41. The third kappa shape index (κ3) is 3.49. The molecule has 3 nitrogen and oxygen atoms in total. The van der Waals surface area contributed by atoms with Gasteiger partial charge in [0.05, 0.1) is 12.5 Å². The summed E-state index contributed by atoms with van der Waals surface area (Å²) < 4.78 is 70.7. The lowest BCUT2D eigenvalue weighted by Gasteiger charge is -2.23. The van der Waals surface area contributed by atoms with Crippen molar-refractivity contribution in [3.05, 3.63) is 35.4 Å². The maximum atomic E-state index is 13.6. The molecule has 0 radical (unpaired) electrons. The van der Waals surface area contributed by atoms with Gasteiger partial charge >= 0.3 is 6.18 Å². The Morgan fingerprint density at radius 2 is 2.05 bits per heavy atom. The number of amides is 1. The van der Waals surface area contributed by atoms with E-state index in [1.54, 1.807) is 5.32 Å². The summed E-state index contributed by atoms with van der Waals surface area (Å²) in [6, 6.07) is -0.139. The molecule has 0 aliphatic carbocycles. The molecule has 116 valence electrons. The zero-order chi connectivity index (χ0) is 15.6. The minimum absolute atomic E-state index is 0.0159. The molecule has 1 aromatic carbocycles. The minimum atomic E-state index is -4.94. The van der Waals surface area contributed by atoms with Gasteiger partial charge in [-0.05, 0) is 12.5 Å². The van der Waals surface area contributed by atoms with Crippen LogP contribution in [0, 0.1) is 17.6 Å². The Morgan fingerprint density at radius 3 is 2.62 bits per heavy atom. The number of hydrogen-bond acceptors (Lipinski definition) is 2. The van der Waals surface area contributed by atoms with Crippen LogP contribution in [-0.2, 0) is 9.53 Å². The average Bonchev–Trinajstić information content (AvgIpc) is 2.92. The molecule has 0 bridgehead atoms. The quantitative estimate of drug-likeness (QED) is 0.872. The molecule has 8 heteroatoms. The first-order valence-electron chi connectivity index (χ1n) is 6.19. The average molecular weight is 309 g/mol. The minimum Gasteiger partial charge on any atom is -0.381 e. The molecule has 0 spiro atoms. The Morgan fingerprint density at radius 1 is 1.33 bits per heavy atom. The summed E-state index contributed by atoms with van der Waals surface area (Å²) in [7, 11) is 0. The first-order chi connectivity index (χ1) is 9.80. The topological polar surface area (TPSA) is 38.3 Å². The fourth-order valence-electron chi connectivity index (χ4n) is 2.08. The first kappa shape index (κ1) is 15.7. The van der Waals surface area contributed by atoms with Crippen LogP contribution in [0.2, 0.25) is 0 Å². The summed E-state index contributed by atoms with van der Waals surface area (Å²) in [6.07, 6.45) is -4.65. The summed E-state index contributed by atoms with van der Waals surface area (Å²) in [5.41, 5.74) is -0.949. The Balaban J connectivity index is 2.26. The Kier molecular flexibility index (Phi) is 4.46. The first-order valence-corrected chi connectivity index (χ1v) is 6.19. The van der Waals surface area contributed by atoms with Gasteiger partial charge in [-0.2, -0.15) is 13.2 Å². The van der Waals surface area contributed by atoms with E-state index in [2.05, 4.69) is 0 Å². The fourth-order valence-corrected chi connectivity index (χ4v) is 2.08. The van der Waals surface area contributed by atoms with Crippen molar-refractivity contribution in [2.24, 2.45) is 5.92 Å². The van der Waals surface area contributed by atoms with E-state index in [0.717, 1.165) is 12.1 Å². The number of carbonyl (C=O) groups is 1. The molecule has 2 rings (SSSR count). The number of carbonyl (C=O) groups excluding carboxylic acids is 1. The fraction of sp³-hybridized carbons (Fsp3) is 0.462. The molecular weight excluding hydrogens is 297 g/mol. The van der Waals surface area contributed by atoms with Crippen LogP contribution in [-0.4, -0.2) is 25.3 Å². The van der Waals surface area contributed by atoms with Crippen molar-refractivity contribution in [3.8, 4) is 0 Å². The van der Waals surface area contributed by atoms with Crippen LogP contribution in [0.4, 0.5) is 22.0 Å². The molecule has 1 saturated heterocycles. The van der Waals surface area contributed by atoms with Gasteiger partial charge in [-0.1, -0.05) is 12.1 Å². The van der Waals surface area contributed by atoms with E-state index in [9.17, 15) is 26.7 Å². The van der Waals surface area contributed by atoms with E-state index < -0.39 is 41.2 Å². The van der Waals surface area contributed by atoms with Gasteiger partial charge in [0, 0.05) is 12.2 Å². The van der Waals surface area contributed by atoms with Crippen molar-refractivity contribution >= 4 is 5.91 Å². The highest BCUT2D eigenvalue weighted by Gasteiger charge is 2.44. The standard InChI is InChI=1S/C13H12F5NO2/c14-9-3-1-2-8(10(9)15)11(13(16,17)18)19-12(20)7-4-5-21-6-7/h1-3,7,11H,4-6H2,(H,19,20)/t7-,11+/m1/s1. The van der Waals surface area contributed by atoms with Gasteiger partial charge < -0.3 is 10.1 Å². The zero-order valence-corrected chi connectivity index (χ0v) is 10.7. The molecule has 0 aromatic heterocycles. The molecule has 1 aliphatic rings. The number of ether oxygens (including phenoxy) is 1. The Labute approximate surface area is 117 Å². The molecule has 1 amide bonds. The van der Waals surface area contributed by atoms with Gasteiger partial charge in [-0.15, -0.1) is 0 Å². The second kappa shape index (κ2) is 5.97. The summed E-state index contributed by atoms with van der Waals surface area (Å²) in [5, 5.41) is 1.73. The molecule has 0 unspecified atom stereocenters. The normalized spacial score (nSPS) is 20.3. The van der Waals surface area contributed by atoms with Crippen molar-refractivity contribution in [1.82, 2.24) is 5.32 Å². The molecular formula is C13H12F5NO2. The van der Waals surface area contributed by atoms with Crippen molar-refractivity contribution < 1.29 is 31.5 Å². The van der Waals surface area contributed by atoms with Crippen LogP contribution in [0.5, 0.6) is 0 Å². The Hall–Kier alpha value is -1.70. The maximum Gasteiger partial charge on any atom is 0.412 e. The van der Waals surface area contributed by atoms with Crippen LogP contribution in [0.25, 0.3) is 0 Å². The summed E-state index contributed by atoms with van der Waals surface area (Å²) in [5.74, 6) is -4.63. The van der Waals surface area contributed by atoms with E-state index in [0.29, 0.717) is 12.5 Å². The second-order valence-electron chi connectivity index (χ2n) is 4.69. The number of rotatable bonds is 3.